The Labute approximate surface area is 243 Å². The lowest BCUT2D eigenvalue weighted by atomic mass is 10.1. The van der Waals surface area contributed by atoms with Crippen LogP contribution in [0.25, 0.3) is 28.0 Å². The fourth-order valence-corrected chi connectivity index (χ4v) is 5.78. The molecule has 9 nitrogen and oxygen atoms in total. The number of carbonyl (C=O) groups is 1. The van der Waals surface area contributed by atoms with Crippen LogP contribution in [0.3, 0.4) is 0 Å². The number of halogens is 2. The van der Waals surface area contributed by atoms with Crippen LogP contribution < -0.4 is 4.90 Å². The normalized spacial score (nSPS) is 13.3. The number of fused-ring (bicyclic) bond motifs is 1. The third kappa shape index (κ3) is 4.97. The number of pyridine rings is 2. The van der Waals surface area contributed by atoms with Gasteiger partial charge in [0, 0.05) is 49.2 Å². The number of amides is 1. The Hall–Kier alpha value is -4.73. The number of aryl methyl sites for hydroxylation is 1. The van der Waals surface area contributed by atoms with Crippen LogP contribution in [-0.4, -0.2) is 61.5 Å². The van der Waals surface area contributed by atoms with Gasteiger partial charge in [-0.25, -0.2) is 18.7 Å². The third-order valence-electron chi connectivity index (χ3n) is 7.22. The predicted molar refractivity (Wildman–Crippen MR) is 154 cm³/mol. The molecule has 1 aliphatic rings. The van der Waals surface area contributed by atoms with Crippen molar-refractivity contribution in [1.82, 2.24) is 24.3 Å². The quantitative estimate of drug-likeness (QED) is 0.294. The molecular weight excluding hydrogens is 560 g/mol. The summed E-state index contributed by atoms with van der Waals surface area (Å²) in [6.07, 6.45) is 3.31. The number of aliphatic hydroxyl groups excluding tert-OH is 1. The molecule has 1 amide bonds. The highest BCUT2D eigenvalue weighted by atomic mass is 32.1. The number of nitrogens with zero attached hydrogens (tertiary/aromatic N) is 7. The van der Waals surface area contributed by atoms with E-state index in [-0.39, 0.29) is 36.9 Å². The second-order valence-electron chi connectivity index (χ2n) is 10.0. The van der Waals surface area contributed by atoms with E-state index in [0.717, 1.165) is 11.5 Å². The molecule has 1 fully saturated rings. The van der Waals surface area contributed by atoms with E-state index in [0.29, 0.717) is 44.5 Å². The second kappa shape index (κ2) is 10.9. The Morgan fingerprint density at radius 3 is 2.52 bits per heavy atom. The number of hydrogen-bond acceptors (Lipinski definition) is 8. The lowest BCUT2D eigenvalue weighted by Crippen LogP contribution is -2.54. The zero-order chi connectivity index (χ0) is 29.5. The number of hydrogen-bond donors (Lipinski definition) is 1. The van der Waals surface area contributed by atoms with Gasteiger partial charge in [-0.2, -0.15) is 5.26 Å². The topological polar surface area (TPSA) is 111 Å². The molecule has 212 valence electrons. The molecule has 6 rings (SSSR count). The minimum absolute atomic E-state index is 0.0524. The van der Waals surface area contributed by atoms with Gasteiger partial charge in [0.25, 0.3) is 0 Å². The Balaban J connectivity index is 1.34. The molecule has 0 radical (unpaired) electrons. The number of benzene rings is 1. The number of β-amino-alcohol motifs (C(OH)–C–C–N with tert-alkyl or cyclic N) is 1. The summed E-state index contributed by atoms with van der Waals surface area (Å²) in [6.45, 7) is 2.51. The van der Waals surface area contributed by atoms with Gasteiger partial charge in [0.1, 0.15) is 39.7 Å². The predicted octanol–water partition coefficient (Wildman–Crippen LogP) is 4.75. The maximum atomic E-state index is 15.0. The summed E-state index contributed by atoms with van der Waals surface area (Å²) in [6, 6.07) is 13.1. The standard InChI is InChI=1S/C30H25F2N7O2S/c1-3-23-29(37(2)30-36-28(25(12-33)42-30)17-4-7-20(31)8-5-17)39-14-18(6-9-26(39)35-23)19-10-22(32)24(34-13-19)11-27(41)38-15-21(40)16-38/h4-10,13-14,21,40H,3,11,15-16H2,1-2H3. The van der Waals surface area contributed by atoms with Crippen molar-refractivity contribution >= 4 is 33.8 Å². The van der Waals surface area contributed by atoms with Gasteiger partial charge < -0.3 is 14.9 Å². The average molecular weight is 586 g/mol. The van der Waals surface area contributed by atoms with Gasteiger partial charge >= 0.3 is 0 Å². The number of thiazole rings is 1. The highest BCUT2D eigenvalue weighted by Crippen LogP contribution is 2.37. The second-order valence-corrected chi connectivity index (χ2v) is 11.0. The molecule has 0 saturated carbocycles. The number of anilines is 2. The Morgan fingerprint density at radius 2 is 1.86 bits per heavy atom. The van der Waals surface area contributed by atoms with E-state index in [2.05, 4.69) is 11.1 Å². The van der Waals surface area contributed by atoms with Crippen molar-refractivity contribution in [2.45, 2.75) is 25.9 Å². The number of carbonyl (C=O) groups excluding carboxylic acids is 1. The van der Waals surface area contributed by atoms with Crippen molar-refractivity contribution in [3.63, 3.8) is 0 Å². The SMILES string of the molecule is CCc1nc2ccc(-c3cnc(CC(=O)N4CC(O)C4)c(F)c3)cn2c1N(C)c1nc(-c2ccc(F)cc2)c(C#N)s1. The van der Waals surface area contributed by atoms with E-state index < -0.39 is 11.9 Å². The van der Waals surface area contributed by atoms with E-state index in [1.165, 1.54) is 40.6 Å². The van der Waals surface area contributed by atoms with Gasteiger partial charge in [-0.1, -0.05) is 18.3 Å². The molecule has 1 aliphatic heterocycles. The monoisotopic (exact) mass is 585 g/mol. The maximum Gasteiger partial charge on any atom is 0.228 e. The summed E-state index contributed by atoms with van der Waals surface area (Å²) in [5.74, 6) is -0.488. The highest BCUT2D eigenvalue weighted by molar-refractivity contribution is 7.16. The van der Waals surface area contributed by atoms with E-state index in [1.807, 2.05) is 41.6 Å². The first kappa shape index (κ1) is 27.4. The van der Waals surface area contributed by atoms with Crippen molar-refractivity contribution in [3.05, 3.63) is 82.8 Å². The van der Waals surface area contributed by atoms with Gasteiger partial charge in [0.2, 0.25) is 5.91 Å². The summed E-state index contributed by atoms with van der Waals surface area (Å²) >= 11 is 1.22. The Bertz CT molecular complexity index is 1860. The molecule has 0 aliphatic carbocycles. The van der Waals surface area contributed by atoms with Crippen LogP contribution in [0.5, 0.6) is 0 Å². The molecule has 4 aromatic heterocycles. The molecule has 0 atom stereocenters. The number of aromatic nitrogens is 4. The first-order chi connectivity index (χ1) is 20.2. The van der Waals surface area contributed by atoms with Crippen LogP contribution in [-0.2, 0) is 17.6 Å². The van der Waals surface area contributed by atoms with Gasteiger partial charge in [0.15, 0.2) is 5.13 Å². The third-order valence-corrected chi connectivity index (χ3v) is 8.26. The van der Waals surface area contributed by atoms with Crippen LogP contribution in [0.4, 0.5) is 19.7 Å². The van der Waals surface area contributed by atoms with E-state index in [9.17, 15) is 19.6 Å². The average Bonchev–Trinajstić information content (AvgIpc) is 3.58. The first-order valence-electron chi connectivity index (χ1n) is 13.3. The van der Waals surface area contributed by atoms with Crippen molar-refractivity contribution in [3.8, 4) is 28.5 Å². The smallest absolute Gasteiger partial charge is 0.228 e. The highest BCUT2D eigenvalue weighted by Gasteiger charge is 2.29. The zero-order valence-electron chi connectivity index (χ0n) is 22.8. The van der Waals surface area contributed by atoms with Crippen LogP contribution in [0.2, 0.25) is 0 Å². The van der Waals surface area contributed by atoms with Gasteiger partial charge in [-0.05, 0) is 48.9 Å². The fourth-order valence-electron chi connectivity index (χ4n) is 4.93. The van der Waals surface area contributed by atoms with Crippen molar-refractivity contribution in [2.75, 3.05) is 25.0 Å². The summed E-state index contributed by atoms with van der Waals surface area (Å²) in [5, 5.41) is 19.8. The molecule has 0 bridgehead atoms. The number of aliphatic hydroxyl groups is 1. The summed E-state index contributed by atoms with van der Waals surface area (Å²) in [7, 11) is 1.84. The fraction of sp³-hybridized carbons (Fsp3) is 0.233. The Kier molecular flexibility index (Phi) is 7.14. The maximum absolute atomic E-state index is 15.0. The summed E-state index contributed by atoms with van der Waals surface area (Å²) in [4.78, 5) is 29.8. The van der Waals surface area contributed by atoms with Crippen LogP contribution in [0.1, 0.15) is 23.2 Å². The molecular formula is C30H25F2N7O2S. The molecule has 1 N–H and O–H groups in total. The minimum atomic E-state index is -0.584. The number of rotatable bonds is 7. The van der Waals surface area contributed by atoms with Crippen molar-refractivity contribution in [1.29, 1.82) is 5.26 Å². The van der Waals surface area contributed by atoms with Crippen LogP contribution in [0.15, 0.2) is 54.9 Å². The molecule has 5 heterocycles. The van der Waals surface area contributed by atoms with Crippen molar-refractivity contribution in [2.24, 2.45) is 0 Å². The van der Waals surface area contributed by atoms with E-state index in [4.69, 9.17) is 9.97 Å². The van der Waals surface area contributed by atoms with Gasteiger partial charge in [-0.15, -0.1) is 0 Å². The molecule has 1 saturated heterocycles. The minimum Gasteiger partial charge on any atom is -0.389 e. The lowest BCUT2D eigenvalue weighted by molar-refractivity contribution is -0.140. The molecule has 0 spiro atoms. The van der Waals surface area contributed by atoms with Gasteiger partial charge in [-0.3, -0.25) is 14.2 Å². The first-order valence-corrected chi connectivity index (χ1v) is 14.1. The molecule has 42 heavy (non-hydrogen) atoms. The lowest BCUT2D eigenvalue weighted by Gasteiger charge is -2.35. The summed E-state index contributed by atoms with van der Waals surface area (Å²) in [5.41, 5.74) is 3.88. The number of likely N-dealkylation sites (tertiary alicyclic amines) is 1. The zero-order valence-corrected chi connectivity index (χ0v) is 23.6. The Morgan fingerprint density at radius 1 is 1.12 bits per heavy atom. The van der Waals surface area contributed by atoms with Crippen molar-refractivity contribution < 1.29 is 18.7 Å². The summed E-state index contributed by atoms with van der Waals surface area (Å²) < 4.78 is 30.4. The molecule has 5 aromatic rings. The number of nitriles is 1. The largest absolute Gasteiger partial charge is 0.389 e. The van der Waals surface area contributed by atoms with Crippen LogP contribution in [0, 0.1) is 23.0 Å². The van der Waals surface area contributed by atoms with Crippen LogP contribution >= 0.6 is 11.3 Å². The number of imidazole rings is 1. The molecule has 0 unspecified atom stereocenters. The molecule has 12 heteroatoms. The van der Waals surface area contributed by atoms with E-state index in [1.54, 1.807) is 12.1 Å². The van der Waals surface area contributed by atoms with E-state index >= 15 is 4.39 Å². The molecule has 1 aromatic carbocycles. The van der Waals surface area contributed by atoms with Gasteiger partial charge in [0.05, 0.1) is 23.9 Å².